The molecule has 0 saturated heterocycles. The molecule has 0 heterocycles. The normalized spacial score (nSPS) is 11.5. The van der Waals surface area contributed by atoms with Crippen LogP contribution in [0.3, 0.4) is 0 Å². The van der Waals surface area contributed by atoms with E-state index in [2.05, 4.69) is 32.6 Å². The van der Waals surface area contributed by atoms with Gasteiger partial charge >= 0.3 is 0 Å². The predicted octanol–water partition coefficient (Wildman–Crippen LogP) is 2.53. The van der Waals surface area contributed by atoms with E-state index in [0.717, 1.165) is 26.3 Å². The summed E-state index contributed by atoms with van der Waals surface area (Å²) in [5, 5.41) is 0. The number of rotatable bonds is 8. The predicted molar refractivity (Wildman–Crippen MR) is 58.1 cm³/mol. The van der Waals surface area contributed by atoms with Crippen LogP contribution in [0.5, 0.6) is 0 Å². The van der Waals surface area contributed by atoms with Crippen molar-refractivity contribution in [3.05, 3.63) is 0 Å². The Hall–Kier alpha value is -0.0800. The number of unbranched alkanes of at least 4 members (excludes halogenated alkanes) is 1. The van der Waals surface area contributed by atoms with E-state index < -0.39 is 0 Å². The second-order valence-electron chi connectivity index (χ2n) is 3.69. The number of ether oxygens (including phenoxy) is 1. The van der Waals surface area contributed by atoms with Crippen molar-refractivity contribution in [2.45, 2.75) is 46.6 Å². The molecule has 0 saturated carbocycles. The highest BCUT2D eigenvalue weighted by molar-refractivity contribution is 4.59. The van der Waals surface area contributed by atoms with E-state index in [1.165, 1.54) is 12.8 Å². The zero-order valence-corrected chi connectivity index (χ0v) is 9.68. The van der Waals surface area contributed by atoms with Crippen LogP contribution in [-0.2, 0) is 4.74 Å². The van der Waals surface area contributed by atoms with E-state index >= 15 is 0 Å². The van der Waals surface area contributed by atoms with Gasteiger partial charge in [-0.15, -0.1) is 0 Å². The quantitative estimate of drug-likeness (QED) is 0.541. The fourth-order valence-electron chi connectivity index (χ4n) is 1.31. The topological polar surface area (TPSA) is 12.5 Å². The SMILES string of the molecule is CCCCOCCN(CC)C(C)C. The van der Waals surface area contributed by atoms with Gasteiger partial charge in [-0.25, -0.2) is 0 Å². The standard InChI is InChI=1S/C11H25NO/c1-5-7-9-13-10-8-12(6-2)11(3)4/h11H,5-10H2,1-4H3. The van der Waals surface area contributed by atoms with Crippen molar-refractivity contribution in [3.8, 4) is 0 Å². The lowest BCUT2D eigenvalue weighted by atomic mass is 10.3. The number of nitrogens with zero attached hydrogens (tertiary/aromatic N) is 1. The molecule has 0 aliphatic heterocycles. The van der Waals surface area contributed by atoms with Crippen molar-refractivity contribution in [2.24, 2.45) is 0 Å². The first kappa shape index (κ1) is 12.9. The average molecular weight is 187 g/mol. The molecule has 2 heteroatoms. The zero-order chi connectivity index (χ0) is 10.1. The van der Waals surface area contributed by atoms with Crippen LogP contribution in [0.1, 0.15) is 40.5 Å². The summed E-state index contributed by atoms with van der Waals surface area (Å²) in [4.78, 5) is 2.42. The molecular weight excluding hydrogens is 162 g/mol. The molecule has 0 aromatic rings. The Kier molecular flexibility index (Phi) is 8.46. The van der Waals surface area contributed by atoms with Crippen LogP contribution in [0.25, 0.3) is 0 Å². The molecule has 0 amide bonds. The Balaban J connectivity index is 3.28. The maximum absolute atomic E-state index is 5.51. The third-order valence-electron chi connectivity index (χ3n) is 2.30. The average Bonchev–Trinajstić information content (AvgIpc) is 2.10. The number of likely N-dealkylation sites (N-methyl/N-ethyl adjacent to an activating group) is 1. The summed E-state index contributed by atoms with van der Waals surface area (Å²) < 4.78 is 5.51. The minimum atomic E-state index is 0.639. The molecule has 0 radical (unpaired) electrons. The molecular formula is C11H25NO. The third-order valence-corrected chi connectivity index (χ3v) is 2.30. The fraction of sp³-hybridized carbons (Fsp3) is 1.00. The molecule has 0 aliphatic rings. The van der Waals surface area contributed by atoms with Gasteiger partial charge in [-0.2, -0.15) is 0 Å². The van der Waals surface area contributed by atoms with Crippen LogP contribution in [-0.4, -0.2) is 37.2 Å². The van der Waals surface area contributed by atoms with Gasteiger partial charge in [0.1, 0.15) is 0 Å². The van der Waals surface area contributed by atoms with Crippen LogP contribution >= 0.6 is 0 Å². The maximum Gasteiger partial charge on any atom is 0.0593 e. The second-order valence-corrected chi connectivity index (χ2v) is 3.69. The first-order chi connectivity index (χ1) is 6.22. The summed E-state index contributed by atoms with van der Waals surface area (Å²) in [7, 11) is 0. The minimum absolute atomic E-state index is 0.639. The van der Waals surface area contributed by atoms with Gasteiger partial charge in [-0.3, -0.25) is 4.90 Å². The highest BCUT2D eigenvalue weighted by atomic mass is 16.5. The van der Waals surface area contributed by atoms with E-state index in [1.54, 1.807) is 0 Å². The summed E-state index contributed by atoms with van der Waals surface area (Å²) in [5.74, 6) is 0. The van der Waals surface area contributed by atoms with Crippen molar-refractivity contribution in [1.29, 1.82) is 0 Å². The minimum Gasteiger partial charge on any atom is -0.380 e. The van der Waals surface area contributed by atoms with Gasteiger partial charge in [0.15, 0.2) is 0 Å². The monoisotopic (exact) mass is 187 g/mol. The van der Waals surface area contributed by atoms with Crippen LogP contribution in [0.2, 0.25) is 0 Å². The Morgan fingerprint density at radius 3 is 2.31 bits per heavy atom. The van der Waals surface area contributed by atoms with Gasteiger partial charge < -0.3 is 4.74 Å². The Bertz CT molecular complexity index is 104. The van der Waals surface area contributed by atoms with Gasteiger partial charge in [-0.05, 0) is 26.8 Å². The van der Waals surface area contributed by atoms with Gasteiger partial charge in [0, 0.05) is 19.2 Å². The first-order valence-corrected chi connectivity index (χ1v) is 5.54. The molecule has 0 atom stereocenters. The van der Waals surface area contributed by atoms with Crippen molar-refractivity contribution in [3.63, 3.8) is 0 Å². The Morgan fingerprint density at radius 2 is 1.85 bits per heavy atom. The van der Waals surface area contributed by atoms with Gasteiger partial charge in [0.25, 0.3) is 0 Å². The van der Waals surface area contributed by atoms with Crippen LogP contribution < -0.4 is 0 Å². The van der Waals surface area contributed by atoms with Gasteiger partial charge in [0.2, 0.25) is 0 Å². The van der Waals surface area contributed by atoms with E-state index in [-0.39, 0.29) is 0 Å². The van der Waals surface area contributed by atoms with Crippen molar-refractivity contribution >= 4 is 0 Å². The van der Waals surface area contributed by atoms with Crippen molar-refractivity contribution in [2.75, 3.05) is 26.3 Å². The highest BCUT2D eigenvalue weighted by Crippen LogP contribution is 1.97. The molecule has 0 aromatic heterocycles. The van der Waals surface area contributed by atoms with Crippen LogP contribution in [0.15, 0.2) is 0 Å². The van der Waals surface area contributed by atoms with Crippen molar-refractivity contribution < 1.29 is 4.74 Å². The lowest BCUT2D eigenvalue weighted by molar-refractivity contribution is 0.0931. The molecule has 0 spiro atoms. The molecule has 0 bridgehead atoms. The summed E-state index contributed by atoms with van der Waals surface area (Å²) in [5.41, 5.74) is 0. The van der Waals surface area contributed by atoms with E-state index in [9.17, 15) is 0 Å². The summed E-state index contributed by atoms with van der Waals surface area (Å²) in [6, 6.07) is 0.639. The number of hydrogen-bond donors (Lipinski definition) is 0. The summed E-state index contributed by atoms with van der Waals surface area (Å²) >= 11 is 0. The summed E-state index contributed by atoms with van der Waals surface area (Å²) in [6.07, 6.45) is 2.41. The van der Waals surface area contributed by atoms with Gasteiger partial charge in [-0.1, -0.05) is 20.3 Å². The Morgan fingerprint density at radius 1 is 1.15 bits per heavy atom. The smallest absolute Gasteiger partial charge is 0.0593 e. The molecule has 0 fully saturated rings. The third kappa shape index (κ3) is 7.03. The molecule has 0 aromatic carbocycles. The molecule has 0 N–H and O–H groups in total. The zero-order valence-electron chi connectivity index (χ0n) is 9.68. The second kappa shape index (κ2) is 8.52. The fourth-order valence-corrected chi connectivity index (χ4v) is 1.31. The summed E-state index contributed by atoms with van der Waals surface area (Å²) in [6.45, 7) is 12.8. The van der Waals surface area contributed by atoms with Crippen molar-refractivity contribution in [1.82, 2.24) is 4.90 Å². The first-order valence-electron chi connectivity index (χ1n) is 5.54. The van der Waals surface area contributed by atoms with Gasteiger partial charge in [0.05, 0.1) is 6.61 Å². The lowest BCUT2D eigenvalue weighted by Gasteiger charge is -2.24. The van der Waals surface area contributed by atoms with Crippen LogP contribution in [0.4, 0.5) is 0 Å². The molecule has 0 rings (SSSR count). The molecule has 0 unspecified atom stereocenters. The van der Waals surface area contributed by atoms with E-state index in [4.69, 9.17) is 4.74 Å². The molecule has 0 aliphatic carbocycles. The van der Waals surface area contributed by atoms with Crippen LogP contribution in [0, 0.1) is 0 Å². The number of hydrogen-bond acceptors (Lipinski definition) is 2. The van der Waals surface area contributed by atoms with E-state index in [0.29, 0.717) is 6.04 Å². The molecule has 13 heavy (non-hydrogen) atoms. The molecule has 2 nitrogen and oxygen atoms in total. The Labute approximate surface area is 83.3 Å². The lowest BCUT2D eigenvalue weighted by Crippen LogP contribution is -2.33. The highest BCUT2D eigenvalue weighted by Gasteiger charge is 2.05. The largest absolute Gasteiger partial charge is 0.380 e. The maximum atomic E-state index is 5.51. The molecule has 80 valence electrons. The van der Waals surface area contributed by atoms with E-state index in [1.807, 2.05) is 0 Å².